The minimum atomic E-state index is -4.10. The minimum Gasteiger partial charge on any atom is -0.250 e. The summed E-state index contributed by atoms with van der Waals surface area (Å²) in [5, 5.41) is 16.6. The highest BCUT2D eigenvalue weighted by molar-refractivity contribution is 7.93. The highest BCUT2D eigenvalue weighted by Crippen LogP contribution is 2.30. The summed E-state index contributed by atoms with van der Waals surface area (Å²) in [6, 6.07) is -0.0750. The van der Waals surface area contributed by atoms with Gasteiger partial charge in [-0.15, -0.1) is 43.2 Å². The summed E-state index contributed by atoms with van der Waals surface area (Å²) in [5.74, 6) is 0.381. The molecule has 0 aromatic carbocycles. The molecule has 1 aliphatic rings. The Kier molecular flexibility index (Phi) is 8.02. The van der Waals surface area contributed by atoms with Crippen LogP contribution in [0.3, 0.4) is 0 Å². The zero-order valence-corrected chi connectivity index (χ0v) is 28.5. The van der Waals surface area contributed by atoms with E-state index in [4.69, 9.17) is 0 Å². The van der Waals surface area contributed by atoms with E-state index in [1.54, 1.807) is 10.8 Å². The molecule has 0 unspecified atom stereocenters. The molecule has 236 valence electrons. The number of nitrogens with zero attached hydrogens (tertiary/aromatic N) is 10. The van der Waals surface area contributed by atoms with Crippen LogP contribution in [-0.4, -0.2) is 73.4 Å². The first kappa shape index (κ1) is 31.8. The zero-order valence-electron chi connectivity index (χ0n) is 25.2. The molecule has 0 saturated carbocycles. The molecule has 1 aliphatic heterocycles. The van der Waals surface area contributed by atoms with Gasteiger partial charge >= 0.3 is 0 Å². The van der Waals surface area contributed by atoms with Crippen molar-refractivity contribution in [1.29, 1.82) is 0 Å². The molecule has 44 heavy (non-hydrogen) atoms. The van der Waals surface area contributed by atoms with Crippen LogP contribution >= 0.6 is 22.7 Å². The van der Waals surface area contributed by atoms with E-state index in [2.05, 4.69) is 46.1 Å². The fraction of sp³-hybridized carbons (Fsp3) is 0.458. The van der Waals surface area contributed by atoms with Gasteiger partial charge in [-0.05, 0) is 13.8 Å². The SMILES string of the molecule is CC(C)NN1N=C(n2cnc(S(=O)(=O)c3nc(C(C)(C)C)cs3)n2)C=C(n2cnc(S(=O)(=O)c3nc(C(C)(C)C)cs3)n2)N1. The normalized spacial score (nSPS) is 15.0. The Morgan fingerprint density at radius 2 is 1.27 bits per heavy atom. The van der Waals surface area contributed by atoms with Gasteiger partial charge in [0, 0.05) is 33.7 Å². The molecule has 0 atom stereocenters. The van der Waals surface area contributed by atoms with Gasteiger partial charge in [0.25, 0.3) is 30.0 Å². The van der Waals surface area contributed by atoms with Gasteiger partial charge in [0.1, 0.15) is 12.7 Å². The number of hydrazone groups is 1. The second kappa shape index (κ2) is 11.1. The Hall–Kier alpha value is -3.59. The van der Waals surface area contributed by atoms with E-state index >= 15 is 0 Å². The molecule has 5 rings (SSSR count). The molecular weight excluding hydrogens is 649 g/mol. The number of nitrogens with one attached hydrogen (secondary N) is 2. The topological polar surface area (TPSA) is 195 Å². The number of hydrogen-bond acceptors (Lipinski definition) is 16. The van der Waals surface area contributed by atoms with Gasteiger partial charge in [-0.1, -0.05) is 41.5 Å². The van der Waals surface area contributed by atoms with E-state index < -0.39 is 30.0 Å². The summed E-state index contributed by atoms with van der Waals surface area (Å²) in [4.78, 5) is 16.7. The Morgan fingerprint density at radius 3 is 1.73 bits per heavy atom. The molecule has 2 N–H and O–H groups in total. The maximum absolute atomic E-state index is 13.3. The summed E-state index contributed by atoms with van der Waals surface area (Å²) in [6.07, 6.45) is 3.92. The van der Waals surface area contributed by atoms with Crippen molar-refractivity contribution in [3.63, 3.8) is 0 Å². The molecule has 5 heterocycles. The predicted octanol–water partition coefficient (Wildman–Crippen LogP) is 2.44. The van der Waals surface area contributed by atoms with Crippen molar-refractivity contribution in [3.8, 4) is 0 Å². The van der Waals surface area contributed by atoms with E-state index in [1.807, 2.05) is 55.4 Å². The first-order chi connectivity index (χ1) is 20.4. The lowest BCUT2D eigenvalue weighted by Crippen LogP contribution is -2.50. The largest absolute Gasteiger partial charge is 0.274 e. The summed E-state index contributed by atoms with van der Waals surface area (Å²) in [5.41, 5.74) is 6.66. The number of hydrazine groups is 2. The first-order valence-corrected chi connectivity index (χ1v) is 18.0. The lowest BCUT2D eigenvalue weighted by atomic mass is 9.93. The average Bonchev–Trinajstić information content (AvgIpc) is 3.74. The van der Waals surface area contributed by atoms with Crippen molar-refractivity contribution in [2.75, 3.05) is 0 Å². The van der Waals surface area contributed by atoms with E-state index in [1.165, 1.54) is 33.3 Å². The van der Waals surface area contributed by atoms with Crippen molar-refractivity contribution in [1.82, 2.24) is 55.6 Å². The Balaban J connectivity index is 1.47. The molecule has 0 aliphatic carbocycles. The number of thiazole rings is 2. The van der Waals surface area contributed by atoms with Crippen LogP contribution in [0.4, 0.5) is 0 Å². The van der Waals surface area contributed by atoms with Crippen LogP contribution in [0, 0.1) is 0 Å². The van der Waals surface area contributed by atoms with E-state index in [9.17, 15) is 16.8 Å². The molecule has 0 amide bonds. The second-order valence-corrected chi connectivity index (χ2v) is 17.9. The van der Waals surface area contributed by atoms with E-state index in [0.29, 0.717) is 11.4 Å². The van der Waals surface area contributed by atoms with Crippen molar-refractivity contribution >= 4 is 54.0 Å². The highest BCUT2D eigenvalue weighted by atomic mass is 32.2. The van der Waals surface area contributed by atoms with Crippen molar-refractivity contribution in [2.24, 2.45) is 5.10 Å². The molecule has 0 bridgehead atoms. The lowest BCUT2D eigenvalue weighted by Gasteiger charge is -2.28. The molecule has 0 saturated heterocycles. The van der Waals surface area contributed by atoms with Crippen LogP contribution in [0.1, 0.15) is 66.8 Å². The molecular formula is C24H32N12O4S4. The smallest absolute Gasteiger partial charge is 0.250 e. The Bertz CT molecular complexity index is 1970. The summed E-state index contributed by atoms with van der Waals surface area (Å²) < 4.78 is 55.3. The van der Waals surface area contributed by atoms with E-state index in [0.717, 1.165) is 22.7 Å². The molecule has 0 radical (unpaired) electrons. The molecule has 0 spiro atoms. The van der Waals surface area contributed by atoms with Crippen LogP contribution in [0.5, 0.6) is 0 Å². The van der Waals surface area contributed by atoms with Crippen LogP contribution in [0.15, 0.2) is 53.6 Å². The van der Waals surface area contributed by atoms with Crippen molar-refractivity contribution in [3.05, 3.63) is 40.9 Å². The third-order valence-corrected chi connectivity index (χ3v) is 11.5. The van der Waals surface area contributed by atoms with E-state index in [-0.39, 0.29) is 37.2 Å². The number of allylic oxidation sites excluding steroid dienone is 1. The molecule has 4 aromatic heterocycles. The number of hydrogen-bond donors (Lipinski definition) is 2. The summed E-state index contributed by atoms with van der Waals surface area (Å²) in [6.45, 7) is 15.4. The van der Waals surface area contributed by atoms with Crippen LogP contribution in [-0.2, 0) is 30.5 Å². The van der Waals surface area contributed by atoms with Crippen LogP contribution < -0.4 is 10.9 Å². The third kappa shape index (κ3) is 6.29. The average molecular weight is 681 g/mol. The van der Waals surface area contributed by atoms with Crippen molar-refractivity contribution in [2.45, 2.75) is 91.3 Å². The molecule has 16 nitrogen and oxygen atoms in total. The molecule has 20 heteroatoms. The van der Waals surface area contributed by atoms with Gasteiger partial charge in [-0.25, -0.2) is 46.9 Å². The Labute approximate surface area is 262 Å². The highest BCUT2D eigenvalue weighted by Gasteiger charge is 2.31. The van der Waals surface area contributed by atoms with Crippen LogP contribution in [0.25, 0.3) is 5.82 Å². The van der Waals surface area contributed by atoms with Crippen LogP contribution in [0.2, 0.25) is 0 Å². The lowest BCUT2D eigenvalue weighted by molar-refractivity contribution is 0.127. The molecule has 0 fully saturated rings. The van der Waals surface area contributed by atoms with Gasteiger partial charge in [-0.3, -0.25) is 0 Å². The fourth-order valence-corrected chi connectivity index (χ4v) is 8.33. The van der Waals surface area contributed by atoms with Gasteiger partial charge in [0.05, 0.1) is 11.4 Å². The standard InChI is InChI=1S/C24H32N12O4S4/c1-14(2)29-36-30-17(34-12-25-19(32-34)43(37,38)21-27-15(10-41-21)23(3,4)5)9-18(31-36)35-13-26-20(33-35)44(39,40)22-28-16(11-42-22)24(6,7)8/h9-14,29-30H,1-8H3. The quantitative estimate of drug-likeness (QED) is 0.289. The van der Waals surface area contributed by atoms with Gasteiger partial charge in [-0.2, -0.15) is 10.1 Å². The third-order valence-electron chi connectivity index (χ3n) is 5.94. The second-order valence-electron chi connectivity index (χ2n) is 12.1. The maximum Gasteiger partial charge on any atom is 0.274 e. The summed E-state index contributed by atoms with van der Waals surface area (Å²) >= 11 is 2.01. The van der Waals surface area contributed by atoms with Gasteiger partial charge < -0.3 is 0 Å². The zero-order chi connectivity index (χ0) is 32.2. The number of sulfone groups is 2. The first-order valence-electron chi connectivity index (χ1n) is 13.3. The minimum absolute atomic E-state index is 0.0750. The maximum atomic E-state index is 13.3. The van der Waals surface area contributed by atoms with Gasteiger partial charge in [0.2, 0.25) is 8.68 Å². The van der Waals surface area contributed by atoms with Crippen molar-refractivity contribution < 1.29 is 16.8 Å². The number of rotatable bonds is 7. The monoisotopic (exact) mass is 680 g/mol. The summed E-state index contributed by atoms with van der Waals surface area (Å²) in [7, 11) is -8.19. The van der Waals surface area contributed by atoms with Gasteiger partial charge in [0.15, 0.2) is 11.7 Å². The predicted molar refractivity (Wildman–Crippen MR) is 163 cm³/mol. The fourth-order valence-electron chi connectivity index (χ4n) is 3.53. The number of aromatic nitrogens is 8. The molecule has 4 aromatic rings. The Morgan fingerprint density at radius 1 is 0.795 bits per heavy atom.